The van der Waals surface area contributed by atoms with E-state index in [4.69, 9.17) is 0 Å². The highest BCUT2D eigenvalue weighted by Crippen LogP contribution is 2.35. The molecule has 6 heteroatoms. The zero-order chi connectivity index (χ0) is 26.6. The van der Waals surface area contributed by atoms with Crippen molar-refractivity contribution in [3.63, 3.8) is 0 Å². The maximum Gasteiger partial charge on any atom is 0.323 e. The molecule has 0 bridgehead atoms. The van der Waals surface area contributed by atoms with E-state index in [1.165, 1.54) is 17.7 Å². The molecule has 5 nitrogen and oxygen atoms in total. The number of hydrogen-bond donors (Lipinski definition) is 1. The number of nitrogens with zero attached hydrogens (tertiary/aromatic N) is 2. The molecule has 5 rings (SSSR count). The summed E-state index contributed by atoms with van der Waals surface area (Å²) >= 11 is 0. The van der Waals surface area contributed by atoms with Gasteiger partial charge in [-0.2, -0.15) is 0 Å². The van der Waals surface area contributed by atoms with Crippen LogP contribution in [0.2, 0.25) is 0 Å². The lowest BCUT2D eigenvalue weighted by Gasteiger charge is -2.36. The standard InChI is InChI=1S/C32H33FN2O3/c1-22(18-24-10-6-3-7-11-24)32(38)34(17-16-23-8-4-2-5-9-23)26-13-15-30-28(20-26)27-19-25(33)12-14-29(27)35(30)21-31(36)37/h2-12,14,19,22,26H,13,15-18,20-21H2,1H3,(H,36,37)/t22-,26-/m0/s1. The van der Waals surface area contributed by atoms with E-state index in [1.807, 2.05) is 48.2 Å². The normalized spacial score (nSPS) is 15.7. The van der Waals surface area contributed by atoms with Gasteiger partial charge in [0.1, 0.15) is 12.4 Å². The van der Waals surface area contributed by atoms with Gasteiger partial charge in [-0.3, -0.25) is 9.59 Å². The third-order valence-electron chi connectivity index (χ3n) is 7.71. The molecule has 2 atom stereocenters. The Hall–Kier alpha value is -3.93. The van der Waals surface area contributed by atoms with Crippen LogP contribution in [0.3, 0.4) is 0 Å². The largest absolute Gasteiger partial charge is 0.480 e. The molecule has 0 spiro atoms. The first-order valence-corrected chi connectivity index (χ1v) is 13.3. The summed E-state index contributed by atoms with van der Waals surface area (Å²) in [6.07, 6.45) is 3.39. The van der Waals surface area contributed by atoms with Crippen LogP contribution >= 0.6 is 0 Å². The highest BCUT2D eigenvalue weighted by molar-refractivity contribution is 5.87. The molecular formula is C32H33FN2O3. The minimum absolute atomic E-state index is 0.0379. The van der Waals surface area contributed by atoms with Gasteiger partial charge in [0.25, 0.3) is 0 Å². The van der Waals surface area contributed by atoms with Crippen molar-refractivity contribution >= 4 is 22.8 Å². The Labute approximate surface area is 222 Å². The number of halogens is 1. The number of carbonyl (C=O) groups is 2. The second-order valence-corrected chi connectivity index (χ2v) is 10.3. The van der Waals surface area contributed by atoms with Crippen molar-refractivity contribution in [1.82, 2.24) is 9.47 Å². The summed E-state index contributed by atoms with van der Waals surface area (Å²) in [7, 11) is 0. The van der Waals surface area contributed by atoms with Gasteiger partial charge in [-0.05, 0) is 67.0 Å². The molecule has 0 saturated heterocycles. The minimum atomic E-state index is -0.925. The molecule has 0 fully saturated rings. The van der Waals surface area contributed by atoms with E-state index >= 15 is 0 Å². The summed E-state index contributed by atoms with van der Waals surface area (Å²) in [6.45, 7) is 2.43. The zero-order valence-corrected chi connectivity index (χ0v) is 21.6. The van der Waals surface area contributed by atoms with Gasteiger partial charge in [-0.15, -0.1) is 0 Å². The van der Waals surface area contributed by atoms with E-state index in [1.54, 1.807) is 10.6 Å². The molecule has 4 aromatic rings. The monoisotopic (exact) mass is 512 g/mol. The fourth-order valence-electron chi connectivity index (χ4n) is 5.89. The number of aromatic nitrogens is 1. The molecule has 1 aromatic heterocycles. The van der Waals surface area contributed by atoms with Gasteiger partial charge in [0, 0.05) is 35.1 Å². The quantitative estimate of drug-likeness (QED) is 0.314. The van der Waals surface area contributed by atoms with Crippen LogP contribution in [0.5, 0.6) is 0 Å². The molecule has 3 aromatic carbocycles. The minimum Gasteiger partial charge on any atom is -0.480 e. The molecule has 0 saturated carbocycles. The fourth-order valence-corrected chi connectivity index (χ4v) is 5.89. The number of rotatable bonds is 9. The third kappa shape index (κ3) is 5.49. The van der Waals surface area contributed by atoms with Crippen molar-refractivity contribution in [2.24, 2.45) is 5.92 Å². The van der Waals surface area contributed by atoms with Crippen LogP contribution in [0, 0.1) is 11.7 Å². The predicted molar refractivity (Wildman–Crippen MR) is 147 cm³/mol. The second kappa shape index (κ2) is 11.2. The highest BCUT2D eigenvalue weighted by atomic mass is 19.1. The van der Waals surface area contributed by atoms with Gasteiger partial charge < -0.3 is 14.6 Å². The average molecular weight is 513 g/mol. The van der Waals surface area contributed by atoms with E-state index in [0.717, 1.165) is 40.6 Å². The molecule has 0 unspecified atom stereocenters. The Balaban J connectivity index is 1.45. The van der Waals surface area contributed by atoms with Gasteiger partial charge in [-0.1, -0.05) is 67.6 Å². The number of carbonyl (C=O) groups excluding carboxylic acids is 1. The Morgan fingerprint density at radius 1 is 1.03 bits per heavy atom. The molecule has 196 valence electrons. The van der Waals surface area contributed by atoms with Crippen molar-refractivity contribution < 1.29 is 19.1 Å². The van der Waals surface area contributed by atoms with Crippen LogP contribution in [0.4, 0.5) is 4.39 Å². The molecular weight excluding hydrogens is 479 g/mol. The maximum absolute atomic E-state index is 14.3. The summed E-state index contributed by atoms with van der Waals surface area (Å²) in [5, 5.41) is 10.3. The van der Waals surface area contributed by atoms with Crippen LogP contribution in [0.15, 0.2) is 78.9 Å². The average Bonchev–Trinajstić information content (AvgIpc) is 3.21. The van der Waals surface area contributed by atoms with E-state index in [2.05, 4.69) is 24.3 Å². The molecule has 1 amide bonds. The SMILES string of the molecule is C[C@@H](Cc1ccccc1)C(=O)N(CCc1ccccc1)[C@H]1CCc2c(c3cc(F)ccc3n2CC(=O)O)C1. The van der Waals surface area contributed by atoms with E-state index in [-0.39, 0.29) is 30.2 Å². The van der Waals surface area contributed by atoms with Gasteiger partial charge in [0.2, 0.25) is 5.91 Å². The molecule has 1 heterocycles. The molecule has 1 aliphatic rings. The van der Waals surface area contributed by atoms with Crippen molar-refractivity contribution in [3.8, 4) is 0 Å². The maximum atomic E-state index is 14.3. The van der Waals surface area contributed by atoms with E-state index in [9.17, 15) is 19.1 Å². The van der Waals surface area contributed by atoms with Crippen LogP contribution in [-0.4, -0.2) is 39.0 Å². The van der Waals surface area contributed by atoms with Gasteiger partial charge in [-0.25, -0.2) is 4.39 Å². The van der Waals surface area contributed by atoms with Crippen molar-refractivity contribution in [1.29, 1.82) is 0 Å². The van der Waals surface area contributed by atoms with Crippen molar-refractivity contribution in [3.05, 3.63) is 107 Å². The van der Waals surface area contributed by atoms with Crippen LogP contribution in [0.1, 0.15) is 35.7 Å². The molecule has 0 aliphatic heterocycles. The summed E-state index contributed by atoms with van der Waals surface area (Å²) < 4.78 is 16.1. The van der Waals surface area contributed by atoms with Crippen molar-refractivity contribution in [2.45, 2.75) is 51.6 Å². The lowest BCUT2D eigenvalue weighted by atomic mass is 9.89. The number of hydrogen-bond acceptors (Lipinski definition) is 2. The molecule has 0 radical (unpaired) electrons. The Morgan fingerprint density at radius 3 is 2.39 bits per heavy atom. The smallest absolute Gasteiger partial charge is 0.323 e. The van der Waals surface area contributed by atoms with E-state index < -0.39 is 5.97 Å². The van der Waals surface area contributed by atoms with Gasteiger partial charge in [0.15, 0.2) is 0 Å². The summed E-state index contributed by atoms with van der Waals surface area (Å²) in [5.41, 5.74) is 4.95. The zero-order valence-electron chi connectivity index (χ0n) is 21.6. The summed E-state index contributed by atoms with van der Waals surface area (Å²) in [4.78, 5) is 27.6. The number of carboxylic acids is 1. The Morgan fingerprint density at radius 2 is 1.71 bits per heavy atom. The number of aliphatic carboxylic acids is 1. The third-order valence-corrected chi connectivity index (χ3v) is 7.71. The van der Waals surface area contributed by atoms with Gasteiger partial charge >= 0.3 is 5.97 Å². The fraction of sp³-hybridized carbons (Fsp3) is 0.312. The molecule has 1 N–H and O–H groups in total. The van der Waals surface area contributed by atoms with E-state index in [0.29, 0.717) is 25.8 Å². The van der Waals surface area contributed by atoms with Crippen molar-refractivity contribution in [2.75, 3.05) is 6.54 Å². The molecule has 1 aliphatic carbocycles. The second-order valence-electron chi connectivity index (χ2n) is 10.3. The predicted octanol–water partition coefficient (Wildman–Crippen LogP) is 5.67. The van der Waals surface area contributed by atoms with Crippen LogP contribution in [-0.2, 0) is 41.8 Å². The van der Waals surface area contributed by atoms with Gasteiger partial charge in [0.05, 0.1) is 0 Å². The topological polar surface area (TPSA) is 62.5 Å². The number of carboxylic acid groups (broad SMARTS) is 1. The number of fused-ring (bicyclic) bond motifs is 3. The summed E-state index contributed by atoms with van der Waals surface area (Å²) in [5.74, 6) is -1.33. The number of amides is 1. The first kappa shape index (κ1) is 25.7. The Bertz CT molecular complexity index is 1430. The summed E-state index contributed by atoms with van der Waals surface area (Å²) in [6, 6.07) is 24.8. The first-order valence-electron chi connectivity index (χ1n) is 13.3. The Kier molecular flexibility index (Phi) is 7.59. The van der Waals surface area contributed by atoms with Crippen LogP contribution in [0.25, 0.3) is 10.9 Å². The first-order chi connectivity index (χ1) is 18.4. The lowest BCUT2D eigenvalue weighted by molar-refractivity contribution is -0.138. The highest BCUT2D eigenvalue weighted by Gasteiger charge is 2.33. The van der Waals surface area contributed by atoms with Crippen LogP contribution < -0.4 is 0 Å². The number of benzene rings is 3. The molecule has 38 heavy (non-hydrogen) atoms. The lowest BCUT2D eigenvalue weighted by Crippen LogP contribution is -2.47.